The number of hydrogen-bond acceptors (Lipinski definition) is 2. The highest BCUT2D eigenvalue weighted by Crippen LogP contribution is 2.57. The highest BCUT2D eigenvalue weighted by Gasteiger charge is 2.53. The van der Waals surface area contributed by atoms with Gasteiger partial charge in [0.2, 0.25) is 5.91 Å². The molecule has 0 spiro atoms. The van der Waals surface area contributed by atoms with Gasteiger partial charge in [-0.2, -0.15) is 0 Å². The molecule has 0 aromatic carbocycles. The molecule has 0 unspecified atom stereocenters. The van der Waals surface area contributed by atoms with E-state index in [0.717, 1.165) is 37.0 Å². The zero-order chi connectivity index (χ0) is 10.6. The fourth-order valence-corrected chi connectivity index (χ4v) is 4.69. The van der Waals surface area contributed by atoms with Crippen LogP contribution in [0, 0.1) is 17.8 Å². The van der Waals surface area contributed by atoms with E-state index >= 15 is 0 Å². The molecule has 0 saturated heterocycles. The van der Waals surface area contributed by atoms with Crippen molar-refractivity contribution in [2.75, 3.05) is 0 Å². The first-order chi connectivity index (χ1) is 7.09. The molecule has 15 heavy (non-hydrogen) atoms. The van der Waals surface area contributed by atoms with Crippen LogP contribution in [0.3, 0.4) is 0 Å². The Labute approximate surface area is 91.0 Å². The molecule has 4 bridgehead atoms. The quantitative estimate of drug-likeness (QED) is 0.405. The summed E-state index contributed by atoms with van der Waals surface area (Å²) in [5, 5.41) is 1.57. The van der Waals surface area contributed by atoms with Crippen LogP contribution >= 0.6 is 0 Å². The van der Waals surface area contributed by atoms with Crippen molar-refractivity contribution < 1.29 is 4.79 Å². The third kappa shape index (κ3) is 1.32. The lowest BCUT2D eigenvalue weighted by Crippen LogP contribution is -2.63. The van der Waals surface area contributed by atoms with E-state index in [1.165, 1.54) is 19.3 Å². The first-order valence-electron chi connectivity index (χ1n) is 6.14. The summed E-state index contributed by atoms with van der Waals surface area (Å²) in [5.74, 6) is 8.58. The topological polar surface area (TPSA) is 46.3 Å². The summed E-state index contributed by atoms with van der Waals surface area (Å²) in [6, 6.07) is 0. The molecule has 4 fully saturated rings. The molecule has 0 radical (unpaired) electrons. The number of carbonyl (C=O) groups is 1. The molecule has 4 rings (SSSR count). The largest absolute Gasteiger partial charge is 0.275 e. The van der Waals surface area contributed by atoms with Gasteiger partial charge in [-0.05, 0) is 56.3 Å². The molecule has 1 amide bonds. The summed E-state index contributed by atoms with van der Waals surface area (Å²) >= 11 is 0. The Hall–Kier alpha value is -0.570. The Morgan fingerprint density at radius 1 is 1.13 bits per heavy atom. The molecule has 3 nitrogen and oxygen atoms in total. The van der Waals surface area contributed by atoms with Crippen LogP contribution in [0.15, 0.2) is 0 Å². The molecule has 0 aromatic heterocycles. The van der Waals surface area contributed by atoms with Gasteiger partial charge >= 0.3 is 0 Å². The number of hydrogen-bond donors (Lipinski definition) is 1. The van der Waals surface area contributed by atoms with Gasteiger partial charge in [0.1, 0.15) is 0 Å². The van der Waals surface area contributed by atoms with Crippen LogP contribution in [0.25, 0.3) is 0 Å². The smallest absolute Gasteiger partial charge is 0.233 e. The molecule has 3 heteroatoms. The maximum Gasteiger partial charge on any atom is 0.233 e. The highest BCUT2D eigenvalue weighted by molar-refractivity contribution is 5.73. The Balaban J connectivity index is 1.89. The van der Waals surface area contributed by atoms with Crippen LogP contribution in [-0.4, -0.2) is 16.5 Å². The first-order valence-corrected chi connectivity index (χ1v) is 6.14. The van der Waals surface area contributed by atoms with Crippen molar-refractivity contribution in [1.29, 1.82) is 0 Å². The van der Waals surface area contributed by atoms with E-state index in [2.05, 4.69) is 0 Å². The van der Waals surface area contributed by atoms with E-state index in [9.17, 15) is 4.79 Å². The third-order valence-electron chi connectivity index (χ3n) is 4.86. The molecule has 84 valence electrons. The third-order valence-corrected chi connectivity index (χ3v) is 4.86. The number of rotatable bonds is 1. The van der Waals surface area contributed by atoms with E-state index in [4.69, 9.17) is 5.84 Å². The number of nitrogens with two attached hydrogens (primary N) is 1. The van der Waals surface area contributed by atoms with Crippen LogP contribution in [0.2, 0.25) is 0 Å². The second-order valence-corrected chi connectivity index (χ2v) is 6.03. The van der Waals surface area contributed by atoms with Gasteiger partial charge in [-0.15, -0.1) is 0 Å². The molecule has 4 aliphatic carbocycles. The van der Waals surface area contributed by atoms with Crippen molar-refractivity contribution in [2.24, 2.45) is 23.6 Å². The zero-order valence-corrected chi connectivity index (χ0v) is 9.41. The monoisotopic (exact) mass is 208 g/mol. The average molecular weight is 208 g/mol. The SMILES string of the molecule is CC(=O)N(N)C12CC3CC(CC(C3)C1)C2. The summed E-state index contributed by atoms with van der Waals surface area (Å²) in [6.07, 6.45) is 7.67. The molecule has 4 aliphatic rings. The Morgan fingerprint density at radius 3 is 1.87 bits per heavy atom. The molecular weight excluding hydrogens is 188 g/mol. The highest BCUT2D eigenvalue weighted by atomic mass is 16.2. The summed E-state index contributed by atoms with van der Waals surface area (Å²) in [7, 11) is 0. The molecule has 0 aromatic rings. The predicted octanol–water partition coefficient (Wildman–Crippen LogP) is 1.68. The minimum Gasteiger partial charge on any atom is -0.275 e. The fourth-order valence-electron chi connectivity index (χ4n) is 4.69. The van der Waals surface area contributed by atoms with Crippen LogP contribution in [0.5, 0.6) is 0 Å². The summed E-state index contributed by atoms with van der Waals surface area (Å²) in [6.45, 7) is 1.60. The zero-order valence-electron chi connectivity index (χ0n) is 9.41. The lowest BCUT2D eigenvalue weighted by Gasteiger charge is -2.59. The number of amides is 1. The predicted molar refractivity (Wildman–Crippen MR) is 57.6 cm³/mol. The second kappa shape index (κ2) is 2.97. The number of carbonyl (C=O) groups excluding carboxylic acids is 1. The van der Waals surface area contributed by atoms with E-state index in [1.54, 1.807) is 11.9 Å². The van der Waals surface area contributed by atoms with Crippen LogP contribution in [0.4, 0.5) is 0 Å². The van der Waals surface area contributed by atoms with Gasteiger partial charge in [0.05, 0.1) is 5.54 Å². The van der Waals surface area contributed by atoms with Gasteiger partial charge in [0.25, 0.3) is 0 Å². The molecule has 0 aliphatic heterocycles. The van der Waals surface area contributed by atoms with Gasteiger partial charge in [-0.3, -0.25) is 9.80 Å². The van der Waals surface area contributed by atoms with E-state index in [1.807, 2.05) is 0 Å². The van der Waals surface area contributed by atoms with Crippen molar-refractivity contribution in [2.45, 2.75) is 51.0 Å². The Kier molecular flexibility index (Phi) is 1.91. The average Bonchev–Trinajstić information content (AvgIpc) is 2.14. The summed E-state index contributed by atoms with van der Waals surface area (Å²) < 4.78 is 0. The molecule has 0 atom stereocenters. The van der Waals surface area contributed by atoms with E-state index < -0.39 is 0 Å². The molecular formula is C12H20N2O. The van der Waals surface area contributed by atoms with E-state index in [0.29, 0.717) is 0 Å². The molecule has 0 heterocycles. The Bertz CT molecular complexity index is 265. The maximum absolute atomic E-state index is 11.5. The lowest BCUT2D eigenvalue weighted by molar-refractivity contribution is -0.149. The fraction of sp³-hybridized carbons (Fsp3) is 0.917. The summed E-state index contributed by atoms with van der Waals surface area (Å²) in [5.41, 5.74) is 0.0422. The minimum absolute atomic E-state index is 0.0388. The summed E-state index contributed by atoms with van der Waals surface area (Å²) in [4.78, 5) is 11.5. The van der Waals surface area contributed by atoms with Gasteiger partial charge in [-0.1, -0.05) is 0 Å². The van der Waals surface area contributed by atoms with E-state index in [-0.39, 0.29) is 11.4 Å². The normalized spacial score (nSPS) is 46.9. The van der Waals surface area contributed by atoms with Crippen LogP contribution < -0.4 is 5.84 Å². The molecule has 4 saturated carbocycles. The Morgan fingerprint density at radius 2 is 1.53 bits per heavy atom. The lowest BCUT2D eigenvalue weighted by atomic mass is 9.53. The molecule has 2 N–H and O–H groups in total. The second-order valence-electron chi connectivity index (χ2n) is 6.03. The van der Waals surface area contributed by atoms with Crippen LogP contribution in [-0.2, 0) is 4.79 Å². The minimum atomic E-state index is 0.0388. The van der Waals surface area contributed by atoms with Gasteiger partial charge in [0, 0.05) is 6.92 Å². The van der Waals surface area contributed by atoms with Crippen molar-refractivity contribution in [3.05, 3.63) is 0 Å². The van der Waals surface area contributed by atoms with Crippen molar-refractivity contribution in [3.8, 4) is 0 Å². The maximum atomic E-state index is 11.5. The van der Waals surface area contributed by atoms with Crippen molar-refractivity contribution >= 4 is 5.91 Å². The first kappa shape index (κ1) is 9.64. The van der Waals surface area contributed by atoms with Crippen molar-refractivity contribution in [1.82, 2.24) is 5.01 Å². The van der Waals surface area contributed by atoms with Gasteiger partial charge < -0.3 is 0 Å². The van der Waals surface area contributed by atoms with Crippen LogP contribution in [0.1, 0.15) is 45.4 Å². The van der Waals surface area contributed by atoms with Gasteiger partial charge in [-0.25, -0.2) is 5.84 Å². The standard InChI is InChI=1S/C12H20N2O/c1-8(15)14(13)12-5-9-2-10(6-12)4-11(3-9)7-12/h9-11H,2-7,13H2,1H3. The number of hydrazine groups is 1. The van der Waals surface area contributed by atoms with Crippen molar-refractivity contribution in [3.63, 3.8) is 0 Å². The number of nitrogens with zero attached hydrogens (tertiary/aromatic N) is 1. The van der Waals surface area contributed by atoms with Gasteiger partial charge in [0.15, 0.2) is 0 Å².